The number of benzene rings is 1. The van der Waals surface area contributed by atoms with Crippen molar-refractivity contribution >= 4 is 5.97 Å². The summed E-state index contributed by atoms with van der Waals surface area (Å²) in [6.45, 7) is 4.16. The van der Waals surface area contributed by atoms with Crippen molar-refractivity contribution in [1.29, 1.82) is 0 Å². The van der Waals surface area contributed by atoms with Crippen LogP contribution in [0.1, 0.15) is 25.8 Å². The molecule has 7 nitrogen and oxygen atoms in total. The Morgan fingerprint density at radius 3 is 2.67 bits per heavy atom. The van der Waals surface area contributed by atoms with Crippen LogP contribution in [0.3, 0.4) is 0 Å². The molecule has 0 radical (unpaired) electrons. The zero-order valence-electron chi connectivity index (χ0n) is 14.4. The van der Waals surface area contributed by atoms with Gasteiger partial charge in [0.1, 0.15) is 12.1 Å². The zero-order valence-corrected chi connectivity index (χ0v) is 14.4. The monoisotopic (exact) mass is 337 g/mol. The first-order valence-electron chi connectivity index (χ1n) is 8.03. The van der Waals surface area contributed by atoms with Crippen LogP contribution < -0.4 is 24.3 Å². The first-order valence-corrected chi connectivity index (χ1v) is 8.03. The second-order valence-corrected chi connectivity index (χ2v) is 6.21. The third-order valence-electron chi connectivity index (χ3n) is 4.11. The summed E-state index contributed by atoms with van der Waals surface area (Å²) in [6, 6.07) is 1.82. The van der Waals surface area contributed by atoms with E-state index in [9.17, 15) is 4.79 Å². The van der Waals surface area contributed by atoms with E-state index in [0.717, 1.165) is 5.56 Å². The van der Waals surface area contributed by atoms with Gasteiger partial charge in [0.15, 0.2) is 11.5 Å². The molecule has 1 aromatic carbocycles. The second kappa shape index (κ2) is 6.76. The number of methoxy groups -OCH3 is 2. The maximum Gasteiger partial charge on any atom is 0.323 e. The van der Waals surface area contributed by atoms with E-state index in [1.807, 2.05) is 19.9 Å². The van der Waals surface area contributed by atoms with Gasteiger partial charge < -0.3 is 29.0 Å². The molecule has 1 fully saturated rings. The Labute approximate surface area is 141 Å². The standard InChI is InChI=1S/C17H23NO6/c1-9(2)18-12-7-11(24-17(12)19)5-10-6-13-15(23-8-22-13)16(21-4)14(10)20-3/h6,9,11-12,18H,5,7-8H2,1-4H3/t11-,12-/m1/s1. The van der Waals surface area contributed by atoms with Crippen LogP contribution in [-0.4, -0.2) is 45.2 Å². The molecular weight excluding hydrogens is 314 g/mol. The van der Waals surface area contributed by atoms with Gasteiger partial charge in [-0.2, -0.15) is 0 Å². The fraction of sp³-hybridized carbons (Fsp3) is 0.588. The number of carbonyl (C=O) groups excluding carboxylic acids is 1. The van der Waals surface area contributed by atoms with E-state index in [0.29, 0.717) is 35.8 Å². The van der Waals surface area contributed by atoms with Gasteiger partial charge in [0.05, 0.1) is 14.2 Å². The number of cyclic esters (lactones) is 1. The Morgan fingerprint density at radius 2 is 2.00 bits per heavy atom. The van der Waals surface area contributed by atoms with Gasteiger partial charge in [-0.15, -0.1) is 0 Å². The van der Waals surface area contributed by atoms with Gasteiger partial charge in [-0.25, -0.2) is 0 Å². The minimum absolute atomic E-state index is 0.150. The van der Waals surface area contributed by atoms with E-state index in [-0.39, 0.29) is 30.9 Å². The molecule has 2 atom stereocenters. The third-order valence-corrected chi connectivity index (χ3v) is 4.11. The van der Waals surface area contributed by atoms with E-state index < -0.39 is 0 Å². The highest BCUT2D eigenvalue weighted by Crippen LogP contribution is 2.49. The average Bonchev–Trinajstić information content (AvgIpc) is 3.12. The summed E-state index contributed by atoms with van der Waals surface area (Å²) >= 11 is 0. The van der Waals surface area contributed by atoms with Gasteiger partial charge >= 0.3 is 5.97 Å². The molecule has 1 aromatic rings. The highest BCUT2D eigenvalue weighted by atomic mass is 16.7. The van der Waals surface area contributed by atoms with Crippen LogP contribution in [0.15, 0.2) is 6.07 Å². The molecule has 0 unspecified atom stereocenters. The summed E-state index contributed by atoms with van der Waals surface area (Å²) in [7, 11) is 3.13. The van der Waals surface area contributed by atoms with E-state index in [1.165, 1.54) is 0 Å². The molecular formula is C17H23NO6. The van der Waals surface area contributed by atoms with Gasteiger partial charge in [-0.3, -0.25) is 4.79 Å². The first kappa shape index (κ1) is 16.7. The maximum absolute atomic E-state index is 12.0. The summed E-state index contributed by atoms with van der Waals surface area (Å²) in [5, 5.41) is 3.22. The van der Waals surface area contributed by atoms with Crippen LogP contribution in [0.2, 0.25) is 0 Å². The lowest BCUT2D eigenvalue weighted by Gasteiger charge is -2.17. The van der Waals surface area contributed by atoms with Crippen LogP contribution in [0.25, 0.3) is 0 Å². The number of hydrogen-bond donors (Lipinski definition) is 1. The van der Waals surface area contributed by atoms with Crippen molar-refractivity contribution in [3.8, 4) is 23.0 Å². The van der Waals surface area contributed by atoms with E-state index in [4.69, 9.17) is 23.7 Å². The number of carbonyl (C=O) groups is 1. The zero-order chi connectivity index (χ0) is 17.3. The Hall–Kier alpha value is -2.15. The van der Waals surface area contributed by atoms with Crippen molar-refractivity contribution in [2.24, 2.45) is 0 Å². The molecule has 0 aliphatic carbocycles. The molecule has 0 saturated carbocycles. The van der Waals surface area contributed by atoms with Crippen LogP contribution in [0, 0.1) is 0 Å². The normalized spacial score (nSPS) is 22.0. The SMILES string of the molecule is COc1c(C[C@@H]2C[C@@H](NC(C)C)C(=O)O2)cc2c(c1OC)OCO2. The van der Waals surface area contributed by atoms with Crippen molar-refractivity contribution in [1.82, 2.24) is 5.32 Å². The van der Waals surface area contributed by atoms with Gasteiger partial charge in [0, 0.05) is 24.4 Å². The van der Waals surface area contributed by atoms with Gasteiger partial charge in [0.2, 0.25) is 18.3 Å². The second-order valence-electron chi connectivity index (χ2n) is 6.21. The van der Waals surface area contributed by atoms with Crippen molar-refractivity contribution < 1.29 is 28.5 Å². The molecule has 2 aliphatic heterocycles. The lowest BCUT2D eigenvalue weighted by molar-refractivity contribution is -0.143. The van der Waals surface area contributed by atoms with Crippen molar-refractivity contribution in [2.45, 2.75) is 44.9 Å². The topological polar surface area (TPSA) is 75.3 Å². The highest BCUT2D eigenvalue weighted by molar-refractivity contribution is 5.78. The maximum atomic E-state index is 12.0. The predicted molar refractivity (Wildman–Crippen MR) is 85.9 cm³/mol. The van der Waals surface area contributed by atoms with Crippen molar-refractivity contribution in [2.75, 3.05) is 21.0 Å². The molecule has 7 heteroatoms. The number of ether oxygens (including phenoxy) is 5. The minimum Gasteiger partial charge on any atom is -0.492 e. The summed E-state index contributed by atoms with van der Waals surface area (Å²) in [5.41, 5.74) is 0.863. The van der Waals surface area contributed by atoms with Crippen LogP contribution in [0.5, 0.6) is 23.0 Å². The van der Waals surface area contributed by atoms with Gasteiger partial charge in [0.25, 0.3) is 0 Å². The molecule has 132 valence electrons. The smallest absolute Gasteiger partial charge is 0.323 e. The molecule has 0 spiro atoms. The Balaban J connectivity index is 1.82. The summed E-state index contributed by atoms with van der Waals surface area (Å²) in [5.74, 6) is 2.03. The number of rotatable bonds is 6. The Kier molecular flexibility index (Phi) is 4.71. The molecule has 24 heavy (non-hydrogen) atoms. The molecule has 0 amide bonds. The lowest BCUT2D eigenvalue weighted by atomic mass is 10.0. The average molecular weight is 337 g/mol. The van der Waals surface area contributed by atoms with E-state index in [2.05, 4.69) is 5.32 Å². The Bertz CT molecular complexity index is 630. The van der Waals surface area contributed by atoms with E-state index >= 15 is 0 Å². The molecule has 1 N–H and O–H groups in total. The quantitative estimate of drug-likeness (QED) is 0.791. The van der Waals surface area contributed by atoms with Crippen molar-refractivity contribution in [3.63, 3.8) is 0 Å². The van der Waals surface area contributed by atoms with Crippen LogP contribution in [0.4, 0.5) is 0 Å². The van der Waals surface area contributed by atoms with Gasteiger partial charge in [-0.1, -0.05) is 13.8 Å². The summed E-state index contributed by atoms with van der Waals surface area (Å²) < 4.78 is 27.3. The summed E-state index contributed by atoms with van der Waals surface area (Å²) in [6.07, 6.45) is 0.933. The van der Waals surface area contributed by atoms with Gasteiger partial charge in [-0.05, 0) is 6.07 Å². The lowest BCUT2D eigenvalue weighted by Crippen LogP contribution is -2.37. The fourth-order valence-electron chi connectivity index (χ4n) is 3.17. The summed E-state index contributed by atoms with van der Waals surface area (Å²) in [4.78, 5) is 12.0. The number of esters is 1. The third kappa shape index (κ3) is 3.08. The molecule has 2 heterocycles. The van der Waals surface area contributed by atoms with E-state index in [1.54, 1.807) is 14.2 Å². The first-order chi connectivity index (χ1) is 11.5. The number of nitrogens with one attached hydrogen (secondary N) is 1. The highest BCUT2D eigenvalue weighted by Gasteiger charge is 2.36. The molecule has 3 rings (SSSR count). The Morgan fingerprint density at radius 1 is 1.25 bits per heavy atom. The van der Waals surface area contributed by atoms with Crippen LogP contribution in [-0.2, 0) is 16.0 Å². The van der Waals surface area contributed by atoms with Crippen molar-refractivity contribution in [3.05, 3.63) is 11.6 Å². The minimum atomic E-state index is -0.267. The predicted octanol–water partition coefficient (Wildman–Crippen LogP) is 1.66. The molecule has 0 aromatic heterocycles. The number of hydrogen-bond acceptors (Lipinski definition) is 7. The molecule has 0 bridgehead atoms. The van der Waals surface area contributed by atoms with Crippen LogP contribution >= 0.6 is 0 Å². The largest absolute Gasteiger partial charge is 0.492 e. The fourth-order valence-corrected chi connectivity index (χ4v) is 3.17. The number of fused-ring (bicyclic) bond motifs is 1. The molecule has 1 saturated heterocycles. The molecule has 2 aliphatic rings.